The number of hydrogen-bond donors (Lipinski definition) is 0. The van der Waals surface area contributed by atoms with Gasteiger partial charge in [-0.15, -0.1) is 0 Å². The molecule has 0 radical (unpaired) electrons. The third kappa shape index (κ3) is 2.96. The molecule has 0 aromatic rings. The second-order valence-corrected chi connectivity index (χ2v) is 4.29. The van der Waals surface area contributed by atoms with E-state index in [9.17, 15) is 0 Å². The number of likely N-dealkylation sites (tertiary alicyclic amines) is 1. The van der Waals surface area contributed by atoms with E-state index in [1.54, 1.807) is 0 Å². The Morgan fingerprint density at radius 2 is 2.08 bits per heavy atom. The number of ether oxygens (including phenoxy) is 1. The van der Waals surface area contributed by atoms with Gasteiger partial charge in [0.15, 0.2) is 0 Å². The van der Waals surface area contributed by atoms with Crippen LogP contribution in [-0.2, 0) is 4.74 Å². The number of nitrogens with zero attached hydrogens (tertiary/aromatic N) is 1. The van der Waals surface area contributed by atoms with E-state index < -0.39 is 0 Å². The lowest BCUT2D eigenvalue weighted by molar-refractivity contribution is 0.0325. The van der Waals surface area contributed by atoms with Gasteiger partial charge in [-0.25, -0.2) is 0 Å². The average Bonchev–Trinajstić information content (AvgIpc) is 2.42. The summed E-state index contributed by atoms with van der Waals surface area (Å²) in [6.45, 7) is 10.8. The molecule has 2 heteroatoms. The van der Waals surface area contributed by atoms with Crippen LogP contribution >= 0.6 is 0 Å². The molecule has 0 bridgehead atoms. The number of hydrogen-bond acceptors (Lipinski definition) is 2. The van der Waals surface area contributed by atoms with Gasteiger partial charge < -0.3 is 4.74 Å². The fourth-order valence-corrected chi connectivity index (χ4v) is 2.18. The molecule has 1 heterocycles. The van der Waals surface area contributed by atoms with Gasteiger partial charge in [0.05, 0.1) is 12.7 Å². The number of likely N-dealkylation sites (N-methyl/N-ethyl adjacent to an activating group) is 1. The molecular formula is C11H23NO. The van der Waals surface area contributed by atoms with Crippen LogP contribution in [0.1, 0.15) is 40.5 Å². The van der Waals surface area contributed by atoms with E-state index in [2.05, 4.69) is 32.6 Å². The highest BCUT2D eigenvalue weighted by molar-refractivity contribution is 4.84. The first-order valence-electron chi connectivity index (χ1n) is 5.52. The lowest BCUT2D eigenvalue weighted by Gasteiger charge is -2.27. The summed E-state index contributed by atoms with van der Waals surface area (Å²) >= 11 is 0. The first-order chi connectivity index (χ1) is 6.15. The molecule has 0 aliphatic carbocycles. The topological polar surface area (TPSA) is 12.5 Å². The van der Waals surface area contributed by atoms with Gasteiger partial charge >= 0.3 is 0 Å². The molecular weight excluding hydrogens is 162 g/mol. The van der Waals surface area contributed by atoms with E-state index in [1.165, 1.54) is 12.8 Å². The second-order valence-electron chi connectivity index (χ2n) is 4.29. The van der Waals surface area contributed by atoms with Gasteiger partial charge in [-0.3, -0.25) is 4.90 Å². The standard InChI is InChI=1S/C11H23NO/c1-5-12-10(4)6-7-11(12)8-13-9(2)3/h9-11H,5-8H2,1-4H3. The van der Waals surface area contributed by atoms with Gasteiger partial charge in [0, 0.05) is 12.1 Å². The van der Waals surface area contributed by atoms with Crippen molar-refractivity contribution in [1.82, 2.24) is 4.90 Å². The van der Waals surface area contributed by atoms with Crippen LogP contribution < -0.4 is 0 Å². The highest BCUT2D eigenvalue weighted by Gasteiger charge is 2.29. The lowest BCUT2D eigenvalue weighted by Crippen LogP contribution is -2.37. The molecule has 1 fully saturated rings. The first kappa shape index (κ1) is 11.0. The van der Waals surface area contributed by atoms with E-state index >= 15 is 0 Å². The predicted octanol–water partition coefficient (Wildman–Crippen LogP) is 2.28. The van der Waals surface area contributed by atoms with Crippen LogP contribution in [0.25, 0.3) is 0 Å². The Hall–Kier alpha value is -0.0800. The van der Waals surface area contributed by atoms with Crippen LogP contribution in [0.2, 0.25) is 0 Å². The smallest absolute Gasteiger partial charge is 0.0625 e. The highest BCUT2D eigenvalue weighted by Crippen LogP contribution is 2.23. The normalized spacial score (nSPS) is 30.2. The second kappa shape index (κ2) is 4.97. The molecule has 78 valence electrons. The van der Waals surface area contributed by atoms with E-state index in [-0.39, 0.29) is 0 Å². The fraction of sp³-hybridized carbons (Fsp3) is 1.00. The molecule has 1 aliphatic heterocycles. The van der Waals surface area contributed by atoms with Crippen molar-refractivity contribution in [2.75, 3.05) is 13.2 Å². The highest BCUT2D eigenvalue weighted by atomic mass is 16.5. The Morgan fingerprint density at radius 1 is 1.38 bits per heavy atom. The summed E-state index contributed by atoms with van der Waals surface area (Å²) in [7, 11) is 0. The molecule has 0 amide bonds. The Labute approximate surface area is 82.3 Å². The van der Waals surface area contributed by atoms with Crippen molar-refractivity contribution in [3.8, 4) is 0 Å². The van der Waals surface area contributed by atoms with Crippen LogP contribution in [0.15, 0.2) is 0 Å². The average molecular weight is 185 g/mol. The minimum atomic E-state index is 0.370. The van der Waals surface area contributed by atoms with Crippen molar-refractivity contribution in [3.05, 3.63) is 0 Å². The van der Waals surface area contributed by atoms with Crippen LogP contribution in [-0.4, -0.2) is 36.2 Å². The zero-order valence-electron chi connectivity index (χ0n) is 9.42. The van der Waals surface area contributed by atoms with Crippen molar-refractivity contribution in [2.45, 2.75) is 58.7 Å². The van der Waals surface area contributed by atoms with Crippen LogP contribution in [0.5, 0.6) is 0 Å². The quantitative estimate of drug-likeness (QED) is 0.666. The Morgan fingerprint density at radius 3 is 2.62 bits per heavy atom. The zero-order valence-corrected chi connectivity index (χ0v) is 9.42. The Bertz CT molecular complexity index is 147. The zero-order chi connectivity index (χ0) is 9.84. The van der Waals surface area contributed by atoms with E-state index in [4.69, 9.17) is 4.74 Å². The van der Waals surface area contributed by atoms with E-state index in [0.29, 0.717) is 12.1 Å². The summed E-state index contributed by atoms with van der Waals surface area (Å²) < 4.78 is 5.66. The molecule has 0 aromatic heterocycles. The monoisotopic (exact) mass is 185 g/mol. The van der Waals surface area contributed by atoms with Gasteiger partial charge in [0.1, 0.15) is 0 Å². The molecule has 0 aromatic carbocycles. The predicted molar refractivity (Wildman–Crippen MR) is 56.0 cm³/mol. The maximum absolute atomic E-state index is 5.66. The summed E-state index contributed by atoms with van der Waals surface area (Å²) in [4.78, 5) is 2.56. The third-order valence-corrected chi connectivity index (χ3v) is 2.94. The molecule has 2 atom stereocenters. The molecule has 0 N–H and O–H groups in total. The minimum absolute atomic E-state index is 0.370. The van der Waals surface area contributed by atoms with Crippen molar-refractivity contribution in [1.29, 1.82) is 0 Å². The fourth-order valence-electron chi connectivity index (χ4n) is 2.18. The SMILES string of the molecule is CCN1C(C)CCC1COC(C)C. The third-order valence-electron chi connectivity index (χ3n) is 2.94. The molecule has 0 spiro atoms. The summed E-state index contributed by atoms with van der Waals surface area (Å²) in [5.74, 6) is 0. The Balaban J connectivity index is 2.32. The van der Waals surface area contributed by atoms with Gasteiger partial charge in [-0.2, -0.15) is 0 Å². The summed E-state index contributed by atoms with van der Waals surface area (Å²) in [6, 6.07) is 1.42. The minimum Gasteiger partial charge on any atom is -0.377 e. The molecule has 0 saturated carbocycles. The molecule has 2 nitrogen and oxygen atoms in total. The largest absolute Gasteiger partial charge is 0.377 e. The van der Waals surface area contributed by atoms with Crippen molar-refractivity contribution >= 4 is 0 Å². The lowest BCUT2D eigenvalue weighted by atomic mass is 10.2. The van der Waals surface area contributed by atoms with Gasteiger partial charge in [0.2, 0.25) is 0 Å². The summed E-state index contributed by atoms with van der Waals surface area (Å²) in [5.41, 5.74) is 0. The molecule has 13 heavy (non-hydrogen) atoms. The maximum atomic E-state index is 5.66. The Kier molecular flexibility index (Phi) is 4.20. The van der Waals surface area contributed by atoms with Crippen molar-refractivity contribution < 1.29 is 4.74 Å². The summed E-state index contributed by atoms with van der Waals surface area (Å²) in [6.07, 6.45) is 3.01. The van der Waals surface area contributed by atoms with Gasteiger partial charge in [0.25, 0.3) is 0 Å². The van der Waals surface area contributed by atoms with Crippen LogP contribution in [0.4, 0.5) is 0 Å². The molecule has 2 unspecified atom stereocenters. The van der Waals surface area contributed by atoms with Crippen LogP contribution in [0, 0.1) is 0 Å². The van der Waals surface area contributed by atoms with E-state index in [1.807, 2.05) is 0 Å². The molecule has 1 saturated heterocycles. The van der Waals surface area contributed by atoms with Gasteiger partial charge in [-0.05, 0) is 40.2 Å². The first-order valence-corrected chi connectivity index (χ1v) is 5.52. The molecule has 1 aliphatic rings. The number of rotatable bonds is 4. The van der Waals surface area contributed by atoms with Gasteiger partial charge in [-0.1, -0.05) is 6.92 Å². The van der Waals surface area contributed by atoms with Crippen molar-refractivity contribution in [2.24, 2.45) is 0 Å². The van der Waals surface area contributed by atoms with Crippen molar-refractivity contribution in [3.63, 3.8) is 0 Å². The molecule has 1 rings (SSSR count). The van der Waals surface area contributed by atoms with E-state index in [0.717, 1.165) is 19.2 Å². The van der Waals surface area contributed by atoms with Crippen LogP contribution in [0.3, 0.4) is 0 Å². The maximum Gasteiger partial charge on any atom is 0.0625 e. The summed E-state index contributed by atoms with van der Waals surface area (Å²) in [5, 5.41) is 0.